The van der Waals surface area contributed by atoms with Crippen molar-refractivity contribution in [1.82, 2.24) is 10.6 Å². The second-order valence-electron chi connectivity index (χ2n) is 3.49. The maximum absolute atomic E-state index is 3.52. The molecule has 1 unspecified atom stereocenters. The fraction of sp³-hybridized carbons (Fsp3) is 1.00. The maximum Gasteiger partial charge on any atom is 0.0420 e. The van der Waals surface area contributed by atoms with Crippen molar-refractivity contribution in [2.45, 2.75) is 17.6 Å². The van der Waals surface area contributed by atoms with Gasteiger partial charge in [0.15, 0.2) is 0 Å². The Balaban J connectivity index is 1.97. The highest BCUT2D eigenvalue weighted by Gasteiger charge is 2.34. The fourth-order valence-corrected chi connectivity index (χ4v) is 3.22. The molecule has 2 aliphatic heterocycles. The molecule has 2 heterocycles. The van der Waals surface area contributed by atoms with Gasteiger partial charge in [-0.25, -0.2) is 0 Å². The molecular formula is C8H16N2S. The monoisotopic (exact) mass is 172 g/mol. The van der Waals surface area contributed by atoms with Crippen LogP contribution in [0.25, 0.3) is 0 Å². The van der Waals surface area contributed by atoms with Gasteiger partial charge < -0.3 is 10.6 Å². The maximum atomic E-state index is 3.52. The van der Waals surface area contributed by atoms with Crippen molar-refractivity contribution in [2.75, 3.05) is 31.9 Å². The zero-order valence-electron chi connectivity index (χ0n) is 6.86. The first-order valence-electron chi connectivity index (χ1n) is 4.47. The topological polar surface area (TPSA) is 24.1 Å². The zero-order valence-corrected chi connectivity index (χ0v) is 7.67. The van der Waals surface area contributed by atoms with Gasteiger partial charge in [0.05, 0.1) is 0 Å². The Hall–Kier alpha value is 0.270. The Morgan fingerprint density at radius 1 is 1.09 bits per heavy atom. The van der Waals surface area contributed by atoms with E-state index >= 15 is 0 Å². The van der Waals surface area contributed by atoms with Crippen molar-refractivity contribution in [3.05, 3.63) is 0 Å². The lowest BCUT2D eigenvalue weighted by molar-refractivity contribution is 0.568. The highest BCUT2D eigenvalue weighted by molar-refractivity contribution is 8.00. The molecule has 2 fully saturated rings. The minimum Gasteiger partial charge on any atom is -0.315 e. The summed E-state index contributed by atoms with van der Waals surface area (Å²) in [7, 11) is 0. The third kappa shape index (κ3) is 1.71. The van der Waals surface area contributed by atoms with Gasteiger partial charge in [-0.3, -0.25) is 0 Å². The van der Waals surface area contributed by atoms with E-state index in [4.69, 9.17) is 0 Å². The van der Waals surface area contributed by atoms with Gasteiger partial charge in [0.1, 0.15) is 0 Å². The first kappa shape index (κ1) is 7.90. The van der Waals surface area contributed by atoms with Gasteiger partial charge in [0, 0.05) is 17.8 Å². The zero-order chi connectivity index (χ0) is 7.57. The largest absolute Gasteiger partial charge is 0.315 e. The molecule has 1 spiro atoms. The van der Waals surface area contributed by atoms with E-state index in [9.17, 15) is 0 Å². The van der Waals surface area contributed by atoms with Crippen molar-refractivity contribution in [2.24, 2.45) is 0 Å². The molecule has 2 nitrogen and oxygen atoms in total. The molecule has 0 aromatic heterocycles. The van der Waals surface area contributed by atoms with E-state index in [2.05, 4.69) is 22.4 Å². The van der Waals surface area contributed by atoms with Crippen LogP contribution in [0.2, 0.25) is 0 Å². The quantitative estimate of drug-likeness (QED) is 0.554. The molecule has 2 saturated heterocycles. The Morgan fingerprint density at radius 3 is 2.64 bits per heavy atom. The van der Waals surface area contributed by atoms with Crippen LogP contribution in [-0.2, 0) is 0 Å². The van der Waals surface area contributed by atoms with E-state index in [1.807, 2.05) is 0 Å². The number of nitrogens with one attached hydrogen (secondary N) is 2. The van der Waals surface area contributed by atoms with E-state index in [1.165, 1.54) is 44.8 Å². The third-order valence-electron chi connectivity index (χ3n) is 2.56. The van der Waals surface area contributed by atoms with E-state index in [0.717, 1.165) is 0 Å². The Morgan fingerprint density at radius 2 is 1.91 bits per heavy atom. The molecule has 2 rings (SSSR count). The number of hydrogen-bond acceptors (Lipinski definition) is 3. The molecule has 0 aromatic rings. The van der Waals surface area contributed by atoms with Crippen LogP contribution in [0.4, 0.5) is 0 Å². The summed E-state index contributed by atoms with van der Waals surface area (Å²) in [5, 5.41) is 6.97. The lowest BCUT2D eigenvalue weighted by Crippen LogP contribution is -2.38. The van der Waals surface area contributed by atoms with Gasteiger partial charge in [0.25, 0.3) is 0 Å². The van der Waals surface area contributed by atoms with Gasteiger partial charge in [-0.1, -0.05) is 0 Å². The minimum absolute atomic E-state index is 0.552. The van der Waals surface area contributed by atoms with Crippen LogP contribution in [0.1, 0.15) is 12.8 Å². The highest BCUT2D eigenvalue weighted by Crippen LogP contribution is 2.32. The molecule has 2 aliphatic rings. The molecule has 11 heavy (non-hydrogen) atoms. The molecule has 0 saturated carbocycles. The van der Waals surface area contributed by atoms with Crippen molar-refractivity contribution < 1.29 is 0 Å². The number of rotatable bonds is 0. The van der Waals surface area contributed by atoms with Crippen LogP contribution in [0.15, 0.2) is 0 Å². The van der Waals surface area contributed by atoms with Gasteiger partial charge in [-0.05, 0) is 31.7 Å². The molecule has 64 valence electrons. The lowest BCUT2D eigenvalue weighted by atomic mass is 10.1. The standard InChI is InChI=1S/C8H16N2S/c1-3-9-6-8(11-5-1)2-4-10-7-8/h9-10H,1-7H2. The molecule has 0 aliphatic carbocycles. The van der Waals surface area contributed by atoms with E-state index in [1.54, 1.807) is 0 Å². The van der Waals surface area contributed by atoms with Crippen molar-refractivity contribution in [1.29, 1.82) is 0 Å². The van der Waals surface area contributed by atoms with Crippen molar-refractivity contribution in [3.63, 3.8) is 0 Å². The predicted molar refractivity (Wildman–Crippen MR) is 50.2 cm³/mol. The summed E-state index contributed by atoms with van der Waals surface area (Å²) in [5.41, 5.74) is 0. The first-order valence-corrected chi connectivity index (χ1v) is 5.45. The van der Waals surface area contributed by atoms with Crippen molar-refractivity contribution in [3.8, 4) is 0 Å². The third-order valence-corrected chi connectivity index (χ3v) is 4.16. The summed E-state index contributed by atoms with van der Waals surface area (Å²) in [6, 6.07) is 0. The molecule has 1 atom stereocenters. The molecule has 0 radical (unpaired) electrons. The fourth-order valence-electron chi connectivity index (χ4n) is 1.85. The summed E-state index contributed by atoms with van der Waals surface area (Å²) in [6.07, 6.45) is 2.69. The van der Waals surface area contributed by atoms with Gasteiger partial charge in [-0.15, -0.1) is 0 Å². The SMILES string of the molecule is C1CNCC2(CCNC2)SC1. The molecular weight excluding hydrogens is 156 g/mol. The van der Waals surface area contributed by atoms with Crippen LogP contribution in [-0.4, -0.2) is 36.7 Å². The van der Waals surface area contributed by atoms with Gasteiger partial charge in [-0.2, -0.15) is 11.8 Å². The average Bonchev–Trinajstić information content (AvgIpc) is 2.32. The molecule has 2 N–H and O–H groups in total. The van der Waals surface area contributed by atoms with Gasteiger partial charge >= 0.3 is 0 Å². The highest BCUT2D eigenvalue weighted by atomic mass is 32.2. The summed E-state index contributed by atoms with van der Waals surface area (Å²) >= 11 is 2.17. The minimum atomic E-state index is 0.552. The number of hydrogen-bond donors (Lipinski definition) is 2. The average molecular weight is 172 g/mol. The summed E-state index contributed by atoms with van der Waals surface area (Å²) in [6.45, 7) is 4.86. The molecule has 0 aromatic carbocycles. The predicted octanol–water partition coefficient (Wildman–Crippen LogP) is 0.445. The molecule has 0 bridgehead atoms. The van der Waals surface area contributed by atoms with Crippen molar-refractivity contribution >= 4 is 11.8 Å². The second-order valence-corrected chi connectivity index (χ2v) is 5.05. The van der Waals surface area contributed by atoms with Crippen LogP contribution in [0, 0.1) is 0 Å². The van der Waals surface area contributed by atoms with Gasteiger partial charge in [0.2, 0.25) is 0 Å². The summed E-state index contributed by atoms with van der Waals surface area (Å²) in [4.78, 5) is 0. The first-order chi connectivity index (χ1) is 5.41. The number of thioether (sulfide) groups is 1. The molecule has 0 amide bonds. The summed E-state index contributed by atoms with van der Waals surface area (Å²) < 4.78 is 0.552. The second kappa shape index (κ2) is 3.33. The smallest absolute Gasteiger partial charge is 0.0420 e. The van der Waals surface area contributed by atoms with Crippen LogP contribution in [0.3, 0.4) is 0 Å². The lowest BCUT2D eigenvalue weighted by Gasteiger charge is -2.25. The van der Waals surface area contributed by atoms with E-state index in [-0.39, 0.29) is 0 Å². The van der Waals surface area contributed by atoms with Crippen LogP contribution < -0.4 is 10.6 Å². The Bertz CT molecular complexity index is 122. The van der Waals surface area contributed by atoms with Crippen LogP contribution in [0.5, 0.6) is 0 Å². The Kier molecular flexibility index (Phi) is 2.39. The van der Waals surface area contributed by atoms with Crippen LogP contribution >= 0.6 is 11.8 Å². The summed E-state index contributed by atoms with van der Waals surface area (Å²) in [5.74, 6) is 1.34. The molecule has 3 heteroatoms. The Labute approximate surface area is 72.5 Å². The van der Waals surface area contributed by atoms with E-state index in [0.29, 0.717) is 4.75 Å². The van der Waals surface area contributed by atoms with E-state index < -0.39 is 0 Å². The normalized spacial score (nSPS) is 39.3.